The van der Waals surface area contributed by atoms with Crippen molar-refractivity contribution in [2.24, 2.45) is 0 Å². The number of nitrogens with one attached hydrogen (secondary N) is 1. The third kappa shape index (κ3) is 41.7. The molecule has 2 unspecified atom stereocenters. The molecule has 2 atom stereocenters. The Hall–Kier alpha value is -1.92. The van der Waals surface area contributed by atoms with Gasteiger partial charge >= 0.3 is 5.97 Å². The molecule has 0 heterocycles. The van der Waals surface area contributed by atoms with Crippen LogP contribution in [0, 0.1) is 0 Å². The predicted molar refractivity (Wildman–Crippen MR) is 241 cm³/mol. The predicted octanol–water partition coefficient (Wildman–Crippen LogP) is 14.1. The topological polar surface area (TPSA) is 95.9 Å². The molecule has 0 fully saturated rings. The summed E-state index contributed by atoms with van der Waals surface area (Å²) in [4.78, 5) is 24.4. The van der Waals surface area contributed by atoms with E-state index in [1.54, 1.807) is 6.08 Å². The van der Waals surface area contributed by atoms with Crippen LogP contribution in [0.25, 0.3) is 0 Å². The SMILES string of the molecule is CCCC/C=C\C/C=C\CCCCCCCC(=O)OCCCCCCCCCCCCCC(=O)NC(CO)C(O)/C=C/CCCCCCCCCCCCCC. The number of aliphatic hydroxyl groups is 2. The highest BCUT2D eigenvalue weighted by Gasteiger charge is 2.18. The van der Waals surface area contributed by atoms with Crippen LogP contribution in [0.3, 0.4) is 0 Å². The molecular formula is C50H93NO5. The lowest BCUT2D eigenvalue weighted by Crippen LogP contribution is -2.45. The zero-order valence-corrected chi connectivity index (χ0v) is 37.1. The van der Waals surface area contributed by atoms with Crippen molar-refractivity contribution < 1.29 is 24.5 Å². The fraction of sp³-hybridized carbons (Fsp3) is 0.840. The van der Waals surface area contributed by atoms with Crippen molar-refractivity contribution in [3.05, 3.63) is 36.5 Å². The highest BCUT2D eigenvalue weighted by molar-refractivity contribution is 5.76. The minimum absolute atomic E-state index is 0.0308. The summed E-state index contributed by atoms with van der Waals surface area (Å²) < 4.78 is 5.44. The van der Waals surface area contributed by atoms with Crippen LogP contribution >= 0.6 is 0 Å². The second-order valence-electron chi connectivity index (χ2n) is 16.4. The second kappa shape index (κ2) is 45.8. The molecule has 6 heteroatoms. The van der Waals surface area contributed by atoms with Crippen LogP contribution in [0.15, 0.2) is 36.5 Å². The molecule has 0 spiro atoms. The Morgan fingerprint density at radius 1 is 0.500 bits per heavy atom. The smallest absolute Gasteiger partial charge is 0.305 e. The van der Waals surface area contributed by atoms with Crippen molar-refractivity contribution in [1.29, 1.82) is 0 Å². The molecule has 3 N–H and O–H groups in total. The van der Waals surface area contributed by atoms with Crippen LogP contribution < -0.4 is 5.32 Å². The minimum Gasteiger partial charge on any atom is -0.466 e. The largest absolute Gasteiger partial charge is 0.466 e. The van der Waals surface area contributed by atoms with Crippen molar-refractivity contribution in [2.45, 2.75) is 257 Å². The summed E-state index contributed by atoms with van der Waals surface area (Å²) in [6, 6.07) is -0.642. The van der Waals surface area contributed by atoms with E-state index in [9.17, 15) is 19.8 Å². The van der Waals surface area contributed by atoms with Gasteiger partial charge in [-0.15, -0.1) is 0 Å². The van der Waals surface area contributed by atoms with Crippen molar-refractivity contribution in [1.82, 2.24) is 5.32 Å². The molecule has 328 valence electrons. The highest BCUT2D eigenvalue weighted by atomic mass is 16.5. The number of hydrogen-bond acceptors (Lipinski definition) is 5. The van der Waals surface area contributed by atoms with Crippen LogP contribution in [-0.4, -0.2) is 47.4 Å². The van der Waals surface area contributed by atoms with Crippen LogP contribution in [0.5, 0.6) is 0 Å². The summed E-state index contributed by atoms with van der Waals surface area (Å²) in [5, 5.41) is 23.0. The molecule has 1 amide bonds. The number of amides is 1. The van der Waals surface area contributed by atoms with Gasteiger partial charge in [0.15, 0.2) is 0 Å². The van der Waals surface area contributed by atoms with Crippen LogP contribution in [-0.2, 0) is 14.3 Å². The van der Waals surface area contributed by atoms with Gasteiger partial charge in [0.1, 0.15) is 0 Å². The van der Waals surface area contributed by atoms with E-state index in [0.717, 1.165) is 70.6 Å². The number of carbonyl (C=O) groups excluding carboxylic acids is 2. The fourth-order valence-electron chi connectivity index (χ4n) is 7.12. The maximum atomic E-state index is 12.4. The molecule has 0 aromatic carbocycles. The number of esters is 1. The monoisotopic (exact) mass is 788 g/mol. The van der Waals surface area contributed by atoms with Crippen LogP contribution in [0.4, 0.5) is 0 Å². The van der Waals surface area contributed by atoms with Gasteiger partial charge in [0.05, 0.1) is 25.4 Å². The first-order valence-electron chi connectivity index (χ1n) is 24.3. The van der Waals surface area contributed by atoms with Gasteiger partial charge in [-0.1, -0.05) is 211 Å². The first-order valence-corrected chi connectivity index (χ1v) is 24.3. The molecule has 0 rings (SSSR count). The molecule has 0 radical (unpaired) electrons. The summed E-state index contributed by atoms with van der Waals surface area (Å²) in [6.45, 7) is 4.80. The van der Waals surface area contributed by atoms with Gasteiger partial charge in [-0.2, -0.15) is 0 Å². The summed E-state index contributed by atoms with van der Waals surface area (Å²) >= 11 is 0. The van der Waals surface area contributed by atoms with E-state index in [-0.39, 0.29) is 18.5 Å². The van der Waals surface area contributed by atoms with Crippen molar-refractivity contribution in [2.75, 3.05) is 13.2 Å². The number of allylic oxidation sites excluding steroid dienone is 5. The summed E-state index contributed by atoms with van der Waals surface area (Å²) in [7, 11) is 0. The Bertz CT molecular complexity index is 915. The van der Waals surface area contributed by atoms with Crippen molar-refractivity contribution in [3.63, 3.8) is 0 Å². The van der Waals surface area contributed by atoms with Gasteiger partial charge in [-0.3, -0.25) is 9.59 Å². The molecule has 0 aromatic rings. The van der Waals surface area contributed by atoms with E-state index in [1.165, 1.54) is 148 Å². The lowest BCUT2D eigenvalue weighted by atomic mass is 10.0. The Labute approximate surface area is 347 Å². The molecule has 6 nitrogen and oxygen atoms in total. The van der Waals surface area contributed by atoms with E-state index in [4.69, 9.17) is 4.74 Å². The molecule has 0 bridgehead atoms. The summed E-state index contributed by atoms with van der Waals surface area (Å²) in [5.74, 6) is -0.120. The van der Waals surface area contributed by atoms with Crippen molar-refractivity contribution >= 4 is 11.9 Å². The Morgan fingerprint density at radius 3 is 1.41 bits per heavy atom. The maximum Gasteiger partial charge on any atom is 0.305 e. The summed E-state index contributed by atoms with van der Waals surface area (Å²) in [5.41, 5.74) is 0. The molecule has 56 heavy (non-hydrogen) atoms. The van der Waals surface area contributed by atoms with Gasteiger partial charge < -0.3 is 20.3 Å². The van der Waals surface area contributed by atoms with Crippen LogP contribution in [0.2, 0.25) is 0 Å². The Morgan fingerprint density at radius 2 is 0.911 bits per heavy atom. The van der Waals surface area contributed by atoms with E-state index < -0.39 is 12.1 Å². The molecular weight excluding hydrogens is 695 g/mol. The number of unbranched alkanes of at least 4 members (excludes halogenated alkanes) is 29. The highest BCUT2D eigenvalue weighted by Crippen LogP contribution is 2.15. The van der Waals surface area contributed by atoms with E-state index in [1.807, 2.05) is 6.08 Å². The number of aliphatic hydroxyl groups excluding tert-OH is 2. The molecule has 0 aliphatic carbocycles. The number of hydrogen-bond donors (Lipinski definition) is 3. The standard InChI is InChI=1S/C50H93NO5/c1-3-5-7-9-11-13-15-17-19-22-26-30-34-38-42-48(53)47(46-52)51-49(54)43-39-35-31-27-23-21-25-29-33-37-41-45-56-50(55)44-40-36-32-28-24-20-18-16-14-12-10-8-6-4-2/h10,12,16,18,38,42,47-48,52-53H,3-9,11,13-15,17,19-37,39-41,43-46H2,1-2H3,(H,51,54)/b12-10-,18-16-,42-38+. The van der Waals surface area contributed by atoms with E-state index >= 15 is 0 Å². The van der Waals surface area contributed by atoms with Gasteiger partial charge in [0.2, 0.25) is 5.91 Å². The number of carbonyl (C=O) groups is 2. The fourth-order valence-corrected chi connectivity index (χ4v) is 7.12. The minimum atomic E-state index is -0.857. The van der Waals surface area contributed by atoms with Crippen molar-refractivity contribution in [3.8, 4) is 0 Å². The zero-order valence-electron chi connectivity index (χ0n) is 37.1. The van der Waals surface area contributed by atoms with Gasteiger partial charge in [0, 0.05) is 12.8 Å². The van der Waals surface area contributed by atoms with Gasteiger partial charge in [-0.25, -0.2) is 0 Å². The summed E-state index contributed by atoms with van der Waals surface area (Å²) in [6.07, 6.45) is 54.1. The van der Waals surface area contributed by atoms with Crippen LogP contribution in [0.1, 0.15) is 245 Å². The van der Waals surface area contributed by atoms with Gasteiger partial charge in [0.25, 0.3) is 0 Å². The normalized spacial score (nSPS) is 13.0. The first kappa shape index (κ1) is 54.1. The molecule has 0 saturated carbocycles. The second-order valence-corrected chi connectivity index (χ2v) is 16.4. The molecule has 0 aromatic heterocycles. The quantitative estimate of drug-likeness (QED) is 0.0325. The maximum absolute atomic E-state index is 12.4. The number of rotatable bonds is 44. The zero-order chi connectivity index (χ0) is 40.8. The first-order chi connectivity index (χ1) is 27.5. The Balaban J connectivity index is 3.53. The lowest BCUT2D eigenvalue weighted by molar-refractivity contribution is -0.143. The third-order valence-electron chi connectivity index (χ3n) is 10.9. The third-order valence-corrected chi connectivity index (χ3v) is 10.9. The Kier molecular flexibility index (Phi) is 44.2. The average molecular weight is 788 g/mol. The number of ether oxygens (including phenoxy) is 1. The van der Waals surface area contributed by atoms with E-state index in [0.29, 0.717) is 19.4 Å². The van der Waals surface area contributed by atoms with Gasteiger partial charge in [-0.05, 0) is 57.8 Å². The molecule has 0 saturated heterocycles. The van der Waals surface area contributed by atoms with E-state index in [2.05, 4.69) is 43.5 Å². The average Bonchev–Trinajstić information content (AvgIpc) is 3.20. The molecule has 0 aliphatic heterocycles. The lowest BCUT2D eigenvalue weighted by Gasteiger charge is -2.20. The molecule has 0 aliphatic rings.